The van der Waals surface area contributed by atoms with E-state index in [1.165, 1.54) is 0 Å². The molecular formula is C15H21ClN2O2. The highest BCUT2D eigenvalue weighted by atomic mass is 35.5. The summed E-state index contributed by atoms with van der Waals surface area (Å²) in [6.07, 6.45) is 2.76. The maximum Gasteiger partial charge on any atom is 0.223 e. The van der Waals surface area contributed by atoms with Crippen LogP contribution in [0.5, 0.6) is 5.75 Å². The molecule has 1 aromatic rings. The summed E-state index contributed by atoms with van der Waals surface area (Å²) in [5.41, 5.74) is 5.96. The monoisotopic (exact) mass is 296 g/mol. The van der Waals surface area contributed by atoms with Crippen LogP contribution in [0.1, 0.15) is 19.3 Å². The molecule has 1 amide bonds. The molecule has 2 N–H and O–H groups in total. The highest BCUT2D eigenvalue weighted by Crippen LogP contribution is 2.32. The lowest BCUT2D eigenvalue weighted by atomic mass is 10.1. The van der Waals surface area contributed by atoms with Crippen LogP contribution in [0.4, 0.5) is 0 Å². The Morgan fingerprint density at radius 3 is 2.70 bits per heavy atom. The van der Waals surface area contributed by atoms with Crippen molar-refractivity contribution >= 4 is 17.5 Å². The summed E-state index contributed by atoms with van der Waals surface area (Å²) in [6.45, 7) is 1.02. The molecule has 1 aliphatic carbocycles. The predicted molar refractivity (Wildman–Crippen MR) is 79.9 cm³/mol. The Bertz CT molecular complexity index is 446. The van der Waals surface area contributed by atoms with Crippen molar-refractivity contribution in [1.29, 1.82) is 0 Å². The van der Waals surface area contributed by atoms with Gasteiger partial charge in [0, 0.05) is 24.5 Å². The standard InChI is InChI=1S/C15H21ClN2O2/c1-18(15(19)10-14(17)11-2-3-11)8-9-20-13-6-4-12(16)5-7-13/h4-7,11,14H,2-3,8-10,17H2,1H3. The highest BCUT2D eigenvalue weighted by molar-refractivity contribution is 6.30. The molecule has 0 heterocycles. The Morgan fingerprint density at radius 1 is 1.45 bits per heavy atom. The Labute approximate surface area is 124 Å². The molecule has 2 rings (SSSR count). The topological polar surface area (TPSA) is 55.6 Å². The lowest BCUT2D eigenvalue weighted by molar-refractivity contribution is -0.130. The third kappa shape index (κ3) is 4.69. The molecule has 0 aromatic heterocycles. The molecule has 5 heteroatoms. The first-order valence-electron chi connectivity index (χ1n) is 6.94. The first kappa shape index (κ1) is 15.1. The zero-order chi connectivity index (χ0) is 14.5. The van der Waals surface area contributed by atoms with Crippen molar-refractivity contribution < 1.29 is 9.53 Å². The summed E-state index contributed by atoms with van der Waals surface area (Å²) >= 11 is 5.80. The molecule has 1 aliphatic rings. The van der Waals surface area contributed by atoms with Gasteiger partial charge in [-0.25, -0.2) is 0 Å². The van der Waals surface area contributed by atoms with Gasteiger partial charge in [-0.1, -0.05) is 11.6 Å². The summed E-state index contributed by atoms with van der Waals surface area (Å²) in [5, 5.41) is 0.679. The van der Waals surface area contributed by atoms with E-state index in [0.717, 1.165) is 18.6 Å². The molecular weight excluding hydrogens is 276 g/mol. The van der Waals surface area contributed by atoms with E-state index in [9.17, 15) is 4.79 Å². The van der Waals surface area contributed by atoms with Gasteiger partial charge in [0.25, 0.3) is 0 Å². The Morgan fingerprint density at radius 2 is 2.10 bits per heavy atom. The second-order valence-corrected chi connectivity index (χ2v) is 5.76. The molecule has 1 unspecified atom stereocenters. The van der Waals surface area contributed by atoms with Crippen LogP contribution in [-0.4, -0.2) is 37.0 Å². The van der Waals surface area contributed by atoms with E-state index in [4.69, 9.17) is 22.1 Å². The van der Waals surface area contributed by atoms with Crippen molar-refractivity contribution in [3.8, 4) is 5.75 Å². The Balaban J connectivity index is 1.67. The molecule has 20 heavy (non-hydrogen) atoms. The fraction of sp³-hybridized carbons (Fsp3) is 0.533. The Hall–Kier alpha value is -1.26. The minimum Gasteiger partial charge on any atom is -0.492 e. The zero-order valence-corrected chi connectivity index (χ0v) is 12.5. The van der Waals surface area contributed by atoms with Gasteiger partial charge in [0.1, 0.15) is 12.4 Å². The second kappa shape index (κ2) is 6.95. The van der Waals surface area contributed by atoms with Crippen molar-refractivity contribution in [1.82, 2.24) is 4.90 Å². The van der Waals surface area contributed by atoms with Gasteiger partial charge in [0.05, 0.1) is 6.54 Å². The number of nitrogens with two attached hydrogens (primary N) is 1. The summed E-state index contributed by atoms with van der Waals surface area (Å²) in [7, 11) is 1.78. The molecule has 0 aliphatic heterocycles. The lowest BCUT2D eigenvalue weighted by Crippen LogP contribution is -2.36. The molecule has 1 fully saturated rings. The molecule has 0 saturated heterocycles. The first-order chi connectivity index (χ1) is 9.56. The van der Waals surface area contributed by atoms with Crippen LogP contribution >= 0.6 is 11.6 Å². The van der Waals surface area contributed by atoms with Crippen LogP contribution < -0.4 is 10.5 Å². The minimum absolute atomic E-state index is 0.0159. The smallest absolute Gasteiger partial charge is 0.223 e. The molecule has 110 valence electrons. The maximum atomic E-state index is 11.9. The average molecular weight is 297 g/mol. The number of hydrogen-bond acceptors (Lipinski definition) is 3. The van der Waals surface area contributed by atoms with Crippen LogP contribution in [0, 0.1) is 5.92 Å². The van der Waals surface area contributed by atoms with Gasteiger partial charge in [-0.3, -0.25) is 4.79 Å². The van der Waals surface area contributed by atoms with Gasteiger partial charge in [-0.2, -0.15) is 0 Å². The van der Waals surface area contributed by atoms with E-state index in [2.05, 4.69) is 0 Å². The number of rotatable bonds is 7. The molecule has 4 nitrogen and oxygen atoms in total. The van der Waals surface area contributed by atoms with E-state index >= 15 is 0 Å². The largest absolute Gasteiger partial charge is 0.492 e. The number of hydrogen-bond donors (Lipinski definition) is 1. The van der Waals surface area contributed by atoms with Gasteiger partial charge < -0.3 is 15.4 Å². The second-order valence-electron chi connectivity index (χ2n) is 5.32. The van der Waals surface area contributed by atoms with Crippen LogP contribution in [0.3, 0.4) is 0 Å². The normalized spacial score (nSPS) is 15.8. The van der Waals surface area contributed by atoms with E-state index in [1.807, 2.05) is 12.1 Å². The number of carbonyl (C=O) groups is 1. The maximum absolute atomic E-state index is 11.9. The number of amides is 1. The number of ether oxygens (including phenoxy) is 1. The number of likely N-dealkylation sites (N-methyl/N-ethyl adjacent to an activating group) is 1. The van der Waals surface area contributed by atoms with Crippen molar-refractivity contribution in [2.45, 2.75) is 25.3 Å². The number of carbonyl (C=O) groups excluding carboxylic acids is 1. The minimum atomic E-state index is 0.0159. The van der Waals surface area contributed by atoms with Crippen molar-refractivity contribution in [2.75, 3.05) is 20.2 Å². The fourth-order valence-electron chi connectivity index (χ4n) is 2.00. The molecule has 0 spiro atoms. The fourth-order valence-corrected chi connectivity index (χ4v) is 2.13. The lowest BCUT2D eigenvalue weighted by Gasteiger charge is -2.19. The van der Waals surface area contributed by atoms with E-state index in [1.54, 1.807) is 24.1 Å². The molecule has 0 bridgehead atoms. The van der Waals surface area contributed by atoms with Crippen LogP contribution in [0.15, 0.2) is 24.3 Å². The van der Waals surface area contributed by atoms with Crippen LogP contribution in [-0.2, 0) is 4.79 Å². The van der Waals surface area contributed by atoms with Crippen molar-refractivity contribution in [3.63, 3.8) is 0 Å². The van der Waals surface area contributed by atoms with E-state index in [-0.39, 0.29) is 11.9 Å². The molecule has 0 radical (unpaired) electrons. The van der Waals surface area contributed by atoms with Gasteiger partial charge >= 0.3 is 0 Å². The third-order valence-electron chi connectivity index (χ3n) is 3.57. The van der Waals surface area contributed by atoms with E-state index in [0.29, 0.717) is 30.5 Å². The van der Waals surface area contributed by atoms with Crippen LogP contribution in [0.25, 0.3) is 0 Å². The number of benzene rings is 1. The van der Waals surface area contributed by atoms with E-state index < -0.39 is 0 Å². The summed E-state index contributed by atoms with van der Waals surface area (Å²) in [6, 6.07) is 7.20. The Kier molecular flexibility index (Phi) is 5.26. The average Bonchev–Trinajstić information content (AvgIpc) is 3.25. The highest BCUT2D eigenvalue weighted by Gasteiger charge is 2.30. The third-order valence-corrected chi connectivity index (χ3v) is 3.82. The van der Waals surface area contributed by atoms with Gasteiger partial charge in [-0.15, -0.1) is 0 Å². The molecule has 1 saturated carbocycles. The number of nitrogens with zero attached hydrogens (tertiary/aromatic N) is 1. The predicted octanol–water partition coefficient (Wildman–Crippen LogP) is 2.30. The first-order valence-corrected chi connectivity index (χ1v) is 7.32. The summed E-state index contributed by atoms with van der Waals surface area (Å²) < 4.78 is 5.56. The number of halogens is 1. The zero-order valence-electron chi connectivity index (χ0n) is 11.7. The van der Waals surface area contributed by atoms with Gasteiger partial charge in [0.15, 0.2) is 0 Å². The van der Waals surface area contributed by atoms with Crippen LogP contribution in [0.2, 0.25) is 5.02 Å². The van der Waals surface area contributed by atoms with Crippen molar-refractivity contribution in [2.24, 2.45) is 11.7 Å². The summed E-state index contributed by atoms with van der Waals surface area (Å²) in [5.74, 6) is 1.40. The quantitative estimate of drug-likeness (QED) is 0.840. The van der Waals surface area contributed by atoms with Gasteiger partial charge in [-0.05, 0) is 43.0 Å². The molecule has 1 aromatic carbocycles. The van der Waals surface area contributed by atoms with Crippen molar-refractivity contribution in [3.05, 3.63) is 29.3 Å². The van der Waals surface area contributed by atoms with Gasteiger partial charge in [0.2, 0.25) is 5.91 Å². The molecule has 1 atom stereocenters. The SMILES string of the molecule is CN(CCOc1ccc(Cl)cc1)C(=O)CC(N)C1CC1. The summed E-state index contributed by atoms with van der Waals surface area (Å²) in [4.78, 5) is 13.6.